The number of aromatic nitrogens is 1. The average molecular weight is 388 g/mol. The fraction of sp³-hybridized carbons (Fsp3) is 0.167. The summed E-state index contributed by atoms with van der Waals surface area (Å²) in [6.45, 7) is 3.07. The maximum atomic E-state index is 4.29. The Labute approximate surface area is 138 Å². The summed E-state index contributed by atoms with van der Waals surface area (Å²) in [7, 11) is 0. The van der Waals surface area contributed by atoms with Crippen LogP contribution in [0.15, 0.2) is 60.9 Å². The highest BCUT2D eigenvalue weighted by Crippen LogP contribution is 2.28. The van der Waals surface area contributed by atoms with Gasteiger partial charge in [0.1, 0.15) is 0 Å². The van der Waals surface area contributed by atoms with Crippen LogP contribution in [0.5, 0.6) is 0 Å². The van der Waals surface area contributed by atoms with Crippen LogP contribution in [-0.2, 0) is 0 Å². The quantitative estimate of drug-likeness (QED) is 0.664. The lowest BCUT2D eigenvalue weighted by Crippen LogP contribution is -2.22. The summed E-state index contributed by atoms with van der Waals surface area (Å²) in [4.78, 5) is 4.29. The second kappa shape index (κ2) is 6.54. The van der Waals surface area contributed by atoms with Crippen LogP contribution in [0, 0.1) is 3.57 Å². The normalized spacial score (nSPS) is 12.5. The Kier molecular flexibility index (Phi) is 4.51. The molecule has 1 heterocycles. The Morgan fingerprint density at radius 2 is 1.90 bits per heavy atom. The first kappa shape index (κ1) is 14.5. The molecule has 3 heteroatoms. The maximum absolute atomic E-state index is 4.29. The highest BCUT2D eigenvalue weighted by Gasteiger charge is 2.15. The van der Waals surface area contributed by atoms with Crippen molar-refractivity contribution in [1.29, 1.82) is 0 Å². The van der Waals surface area contributed by atoms with Crippen molar-refractivity contribution >= 4 is 33.4 Å². The van der Waals surface area contributed by atoms with Gasteiger partial charge in [-0.3, -0.25) is 4.98 Å². The summed E-state index contributed by atoms with van der Waals surface area (Å²) in [6, 6.07) is 17.4. The van der Waals surface area contributed by atoms with Gasteiger partial charge in [-0.2, -0.15) is 0 Å². The van der Waals surface area contributed by atoms with Crippen molar-refractivity contribution in [2.75, 3.05) is 6.54 Å². The van der Waals surface area contributed by atoms with Crippen molar-refractivity contribution in [3.05, 3.63) is 75.6 Å². The summed E-state index contributed by atoms with van der Waals surface area (Å²) in [5, 5.41) is 6.04. The molecule has 2 nitrogen and oxygen atoms in total. The molecular weight excluding hydrogens is 371 g/mol. The zero-order valence-corrected chi connectivity index (χ0v) is 14.0. The van der Waals surface area contributed by atoms with Gasteiger partial charge < -0.3 is 5.32 Å². The molecule has 3 aromatic rings. The maximum Gasteiger partial charge on any atom is 0.0583 e. The fourth-order valence-electron chi connectivity index (χ4n) is 2.66. The molecule has 106 valence electrons. The van der Waals surface area contributed by atoms with Crippen LogP contribution in [0.1, 0.15) is 24.1 Å². The number of hydrogen-bond donors (Lipinski definition) is 1. The molecule has 0 spiro atoms. The lowest BCUT2D eigenvalue weighted by atomic mass is 9.94. The molecule has 0 bridgehead atoms. The number of halogens is 1. The van der Waals surface area contributed by atoms with Crippen molar-refractivity contribution in [1.82, 2.24) is 10.3 Å². The standard InChI is InChI=1S/C18H17IN2/c1-2-21-18(14-6-8-15(19)9-7-14)16-5-3-4-13-10-11-20-12-17(13)16/h3-12,18,21H,2H2,1H3. The highest BCUT2D eigenvalue weighted by atomic mass is 127. The molecule has 0 aliphatic carbocycles. The van der Waals surface area contributed by atoms with Crippen molar-refractivity contribution in [3.8, 4) is 0 Å². The number of fused-ring (bicyclic) bond motifs is 1. The lowest BCUT2D eigenvalue weighted by Gasteiger charge is -2.20. The van der Waals surface area contributed by atoms with Gasteiger partial charge in [-0.1, -0.05) is 37.3 Å². The molecule has 2 aromatic carbocycles. The van der Waals surface area contributed by atoms with Gasteiger partial charge in [-0.15, -0.1) is 0 Å². The molecule has 3 rings (SSSR count). The van der Waals surface area contributed by atoms with E-state index in [1.165, 1.54) is 25.5 Å². The molecule has 0 amide bonds. The molecule has 1 N–H and O–H groups in total. The van der Waals surface area contributed by atoms with Gasteiger partial charge >= 0.3 is 0 Å². The molecule has 0 saturated carbocycles. The fourth-order valence-corrected chi connectivity index (χ4v) is 3.02. The van der Waals surface area contributed by atoms with Crippen molar-refractivity contribution in [2.45, 2.75) is 13.0 Å². The van der Waals surface area contributed by atoms with Crippen LogP contribution < -0.4 is 5.32 Å². The van der Waals surface area contributed by atoms with E-state index in [1.54, 1.807) is 0 Å². The summed E-state index contributed by atoms with van der Waals surface area (Å²) in [5.41, 5.74) is 2.57. The van der Waals surface area contributed by atoms with E-state index in [-0.39, 0.29) is 6.04 Å². The second-order valence-electron chi connectivity index (χ2n) is 4.99. The minimum absolute atomic E-state index is 0.194. The third-order valence-corrected chi connectivity index (χ3v) is 4.36. The van der Waals surface area contributed by atoms with Gasteiger partial charge in [0.25, 0.3) is 0 Å². The summed E-state index contributed by atoms with van der Waals surface area (Å²) >= 11 is 2.34. The first-order valence-electron chi connectivity index (χ1n) is 7.11. The first-order valence-corrected chi connectivity index (χ1v) is 8.19. The first-order chi connectivity index (χ1) is 10.3. The van der Waals surface area contributed by atoms with Crippen LogP contribution >= 0.6 is 22.6 Å². The van der Waals surface area contributed by atoms with Crippen LogP contribution in [0.3, 0.4) is 0 Å². The van der Waals surface area contributed by atoms with E-state index in [4.69, 9.17) is 0 Å². The topological polar surface area (TPSA) is 24.9 Å². The van der Waals surface area contributed by atoms with Gasteiger partial charge in [0, 0.05) is 21.4 Å². The third-order valence-electron chi connectivity index (χ3n) is 3.64. The van der Waals surface area contributed by atoms with Crippen molar-refractivity contribution < 1.29 is 0 Å². The molecule has 0 radical (unpaired) electrons. The molecule has 1 aromatic heterocycles. The van der Waals surface area contributed by atoms with Crippen LogP contribution in [-0.4, -0.2) is 11.5 Å². The predicted octanol–water partition coefficient (Wildman–Crippen LogP) is 4.54. The highest BCUT2D eigenvalue weighted by molar-refractivity contribution is 14.1. The Bertz CT molecular complexity index is 732. The Balaban J connectivity index is 2.13. The van der Waals surface area contributed by atoms with Crippen molar-refractivity contribution in [3.63, 3.8) is 0 Å². The average Bonchev–Trinajstić information content (AvgIpc) is 2.53. The summed E-state index contributed by atoms with van der Waals surface area (Å²) in [5.74, 6) is 0. The zero-order chi connectivity index (χ0) is 14.7. The third kappa shape index (κ3) is 3.09. The van der Waals surface area contributed by atoms with E-state index in [2.05, 4.69) is 88.3 Å². The van der Waals surface area contributed by atoms with E-state index in [0.717, 1.165) is 6.54 Å². The van der Waals surface area contributed by atoms with Crippen LogP contribution in [0.2, 0.25) is 0 Å². The van der Waals surface area contributed by atoms with Gasteiger partial charge in [0.2, 0.25) is 0 Å². The number of nitrogens with one attached hydrogen (secondary N) is 1. The largest absolute Gasteiger partial charge is 0.307 e. The van der Waals surface area contributed by atoms with E-state index in [1.807, 2.05) is 12.4 Å². The van der Waals surface area contributed by atoms with Gasteiger partial charge in [-0.05, 0) is 63.8 Å². The van der Waals surface area contributed by atoms with Gasteiger partial charge in [0.05, 0.1) is 6.04 Å². The molecule has 0 aliphatic rings. The van der Waals surface area contributed by atoms with Gasteiger partial charge in [-0.25, -0.2) is 0 Å². The number of nitrogens with zero attached hydrogens (tertiary/aromatic N) is 1. The van der Waals surface area contributed by atoms with Crippen LogP contribution in [0.25, 0.3) is 10.8 Å². The smallest absolute Gasteiger partial charge is 0.0583 e. The van der Waals surface area contributed by atoms with Crippen molar-refractivity contribution in [2.24, 2.45) is 0 Å². The summed E-state index contributed by atoms with van der Waals surface area (Å²) in [6.07, 6.45) is 3.81. The summed E-state index contributed by atoms with van der Waals surface area (Å²) < 4.78 is 1.26. The second-order valence-corrected chi connectivity index (χ2v) is 6.23. The van der Waals surface area contributed by atoms with E-state index in [9.17, 15) is 0 Å². The van der Waals surface area contributed by atoms with E-state index in [0.29, 0.717) is 0 Å². The molecule has 0 fully saturated rings. The molecular formula is C18H17IN2. The number of rotatable bonds is 4. The lowest BCUT2D eigenvalue weighted by molar-refractivity contribution is 0.634. The van der Waals surface area contributed by atoms with E-state index >= 15 is 0 Å². The number of hydrogen-bond acceptors (Lipinski definition) is 2. The molecule has 0 saturated heterocycles. The molecule has 21 heavy (non-hydrogen) atoms. The minimum atomic E-state index is 0.194. The number of benzene rings is 2. The van der Waals surface area contributed by atoms with Crippen LogP contribution in [0.4, 0.5) is 0 Å². The molecule has 1 atom stereocenters. The Morgan fingerprint density at radius 1 is 1.10 bits per heavy atom. The Hall–Kier alpha value is -1.46. The minimum Gasteiger partial charge on any atom is -0.307 e. The number of pyridine rings is 1. The monoisotopic (exact) mass is 388 g/mol. The molecule has 0 aliphatic heterocycles. The van der Waals surface area contributed by atoms with Gasteiger partial charge in [0.15, 0.2) is 0 Å². The van der Waals surface area contributed by atoms with E-state index < -0.39 is 0 Å². The molecule has 1 unspecified atom stereocenters. The predicted molar refractivity (Wildman–Crippen MR) is 96.4 cm³/mol. The zero-order valence-electron chi connectivity index (χ0n) is 11.9. The Morgan fingerprint density at radius 3 is 2.67 bits per heavy atom. The SMILES string of the molecule is CCNC(c1ccc(I)cc1)c1cccc2ccncc12.